The molecule has 1 unspecified atom stereocenters. The minimum Gasteiger partial charge on any atom is -0.456 e. The van der Waals surface area contributed by atoms with Gasteiger partial charge in [0, 0.05) is 56.2 Å². The molecule has 274 valence electrons. The van der Waals surface area contributed by atoms with E-state index < -0.39 is 0 Å². The number of fused-ring (bicyclic) bond motifs is 9. The van der Waals surface area contributed by atoms with Gasteiger partial charge in [0.05, 0.1) is 27.8 Å². The minimum atomic E-state index is -0.315. The first-order chi connectivity index (χ1) is 28.7. The Bertz CT molecular complexity index is 3420. The van der Waals surface area contributed by atoms with Crippen molar-refractivity contribution in [2.45, 2.75) is 6.17 Å². The van der Waals surface area contributed by atoms with Crippen LogP contribution in [0.3, 0.4) is 0 Å². The SMILES string of the molecule is CN1C(c2ccccc2)=NC(c2cccc3oc4ccccc4c23)=NC1c1ccc(-n2c3ccccc3c3c(-n4c5ccccc5c5ccccc54)cccc32)cc1. The summed E-state index contributed by atoms with van der Waals surface area (Å²) in [5.41, 5.74) is 11.7. The summed E-state index contributed by atoms with van der Waals surface area (Å²) in [5, 5.41) is 7.02. The van der Waals surface area contributed by atoms with E-state index in [-0.39, 0.29) is 6.17 Å². The van der Waals surface area contributed by atoms with Gasteiger partial charge in [-0.2, -0.15) is 0 Å². The zero-order valence-corrected chi connectivity index (χ0v) is 31.6. The van der Waals surface area contributed by atoms with Crippen LogP contribution < -0.4 is 0 Å². The fraction of sp³-hybridized carbons (Fsp3) is 0.0385. The van der Waals surface area contributed by atoms with Crippen molar-refractivity contribution in [1.82, 2.24) is 14.0 Å². The lowest BCUT2D eigenvalue weighted by Gasteiger charge is -2.32. The van der Waals surface area contributed by atoms with E-state index in [9.17, 15) is 0 Å². The van der Waals surface area contributed by atoms with Crippen molar-refractivity contribution in [3.05, 3.63) is 205 Å². The molecule has 0 aliphatic carbocycles. The van der Waals surface area contributed by atoms with E-state index in [1.165, 1.54) is 38.3 Å². The summed E-state index contributed by atoms with van der Waals surface area (Å²) >= 11 is 0. The number of aromatic nitrogens is 2. The highest BCUT2D eigenvalue weighted by atomic mass is 16.3. The van der Waals surface area contributed by atoms with Crippen LogP contribution in [0.25, 0.3) is 76.9 Å². The molecule has 8 aromatic carbocycles. The third kappa shape index (κ3) is 4.78. The summed E-state index contributed by atoms with van der Waals surface area (Å²) in [7, 11) is 2.08. The first-order valence-corrected chi connectivity index (χ1v) is 19.7. The number of aliphatic imine (C=N–C) groups is 2. The van der Waals surface area contributed by atoms with Crippen molar-refractivity contribution in [1.29, 1.82) is 0 Å². The lowest BCUT2D eigenvalue weighted by molar-refractivity contribution is 0.383. The van der Waals surface area contributed by atoms with Gasteiger partial charge in [-0.15, -0.1) is 0 Å². The topological polar surface area (TPSA) is 51.0 Å². The quantitative estimate of drug-likeness (QED) is 0.176. The Morgan fingerprint density at radius 1 is 0.466 bits per heavy atom. The Morgan fingerprint density at radius 3 is 1.79 bits per heavy atom. The lowest BCUT2D eigenvalue weighted by Crippen LogP contribution is -2.35. The average Bonchev–Trinajstić information content (AvgIpc) is 3.95. The lowest BCUT2D eigenvalue weighted by atomic mass is 10.0. The van der Waals surface area contributed by atoms with Crippen molar-refractivity contribution in [2.24, 2.45) is 9.98 Å². The summed E-state index contributed by atoms with van der Waals surface area (Å²) in [6.07, 6.45) is -0.315. The molecule has 0 saturated heterocycles. The summed E-state index contributed by atoms with van der Waals surface area (Å²) < 4.78 is 11.1. The Kier molecular flexibility index (Phi) is 7.10. The van der Waals surface area contributed by atoms with Crippen LogP contribution in [-0.4, -0.2) is 32.8 Å². The predicted molar refractivity (Wildman–Crippen MR) is 239 cm³/mol. The van der Waals surface area contributed by atoms with Crippen LogP contribution in [0.4, 0.5) is 0 Å². The molecule has 1 aliphatic heterocycles. The molecule has 12 rings (SSSR count). The van der Waals surface area contributed by atoms with Crippen LogP contribution in [0.5, 0.6) is 0 Å². The van der Waals surface area contributed by atoms with E-state index in [1.807, 2.05) is 30.3 Å². The van der Waals surface area contributed by atoms with Crippen molar-refractivity contribution < 1.29 is 4.42 Å². The number of rotatable bonds is 5. The molecule has 1 atom stereocenters. The van der Waals surface area contributed by atoms with Crippen molar-refractivity contribution in [3.63, 3.8) is 0 Å². The van der Waals surface area contributed by atoms with E-state index >= 15 is 0 Å². The number of benzene rings is 8. The van der Waals surface area contributed by atoms with Crippen molar-refractivity contribution in [2.75, 3.05) is 7.05 Å². The highest BCUT2D eigenvalue weighted by molar-refractivity contribution is 6.22. The van der Waals surface area contributed by atoms with Gasteiger partial charge in [-0.3, -0.25) is 0 Å². The molecule has 0 fully saturated rings. The van der Waals surface area contributed by atoms with Crippen LogP contribution in [0, 0.1) is 0 Å². The van der Waals surface area contributed by atoms with E-state index in [4.69, 9.17) is 14.4 Å². The molecule has 6 nitrogen and oxygen atoms in total. The number of hydrogen-bond acceptors (Lipinski definition) is 4. The maximum atomic E-state index is 6.29. The largest absolute Gasteiger partial charge is 0.456 e. The monoisotopic (exact) mass is 745 g/mol. The fourth-order valence-corrected chi connectivity index (χ4v) is 9.21. The predicted octanol–water partition coefficient (Wildman–Crippen LogP) is 12.6. The normalized spacial score (nSPS) is 14.6. The number of para-hydroxylation sites is 4. The number of nitrogens with zero attached hydrogens (tertiary/aromatic N) is 5. The molecule has 11 aromatic rings. The van der Waals surface area contributed by atoms with Gasteiger partial charge >= 0.3 is 0 Å². The van der Waals surface area contributed by atoms with E-state index in [2.05, 4.69) is 179 Å². The molecular weight excluding hydrogens is 711 g/mol. The number of amidine groups is 2. The van der Waals surface area contributed by atoms with Crippen molar-refractivity contribution >= 4 is 77.2 Å². The standard InChI is InChI=1S/C52H35N5O/c1-55-51(33-15-3-2-4-16-33)53-50(40-21-13-28-47-48(40)39-20-8-12-27-46(39)58-47)54-52(55)34-29-31-35(32-30-34)56-43-24-11-7-19-38(43)49-44(56)25-14-26-45(49)57-41-22-9-5-17-36(41)37-18-6-10-23-42(37)57/h2-32,52H,1H3. The summed E-state index contributed by atoms with van der Waals surface area (Å²) in [5.74, 6) is 1.55. The fourth-order valence-electron chi connectivity index (χ4n) is 9.21. The van der Waals surface area contributed by atoms with Gasteiger partial charge in [0.25, 0.3) is 0 Å². The molecule has 58 heavy (non-hydrogen) atoms. The Hall–Kier alpha value is -7.70. The first-order valence-electron chi connectivity index (χ1n) is 19.7. The molecule has 6 heteroatoms. The molecule has 0 bridgehead atoms. The van der Waals surface area contributed by atoms with E-state index in [1.54, 1.807) is 0 Å². The first kappa shape index (κ1) is 32.5. The van der Waals surface area contributed by atoms with Crippen LogP contribution in [0.15, 0.2) is 202 Å². The zero-order chi connectivity index (χ0) is 38.3. The molecule has 0 saturated carbocycles. The average molecular weight is 746 g/mol. The molecular formula is C52H35N5O. The second kappa shape index (κ2) is 12.7. The maximum Gasteiger partial charge on any atom is 0.160 e. The summed E-state index contributed by atoms with van der Waals surface area (Å²) in [6, 6.07) is 66.5. The van der Waals surface area contributed by atoms with Crippen LogP contribution in [-0.2, 0) is 0 Å². The van der Waals surface area contributed by atoms with Gasteiger partial charge in [0.1, 0.15) is 23.2 Å². The summed E-state index contributed by atoms with van der Waals surface area (Å²) in [6.45, 7) is 0. The van der Waals surface area contributed by atoms with Gasteiger partial charge in [0.15, 0.2) is 5.84 Å². The van der Waals surface area contributed by atoms with Crippen LogP contribution in [0.1, 0.15) is 22.9 Å². The molecule has 0 amide bonds. The van der Waals surface area contributed by atoms with Gasteiger partial charge in [-0.1, -0.05) is 133 Å². The zero-order valence-electron chi connectivity index (χ0n) is 31.6. The molecule has 0 radical (unpaired) electrons. The second-order valence-corrected chi connectivity index (χ2v) is 15.0. The van der Waals surface area contributed by atoms with Gasteiger partial charge in [-0.05, 0) is 60.2 Å². The van der Waals surface area contributed by atoms with Gasteiger partial charge < -0.3 is 18.5 Å². The minimum absolute atomic E-state index is 0.315. The van der Waals surface area contributed by atoms with Gasteiger partial charge in [0.2, 0.25) is 0 Å². The number of hydrogen-bond donors (Lipinski definition) is 0. The third-order valence-electron chi connectivity index (χ3n) is 11.8. The molecule has 1 aliphatic rings. The Labute approximate surface area is 333 Å². The smallest absolute Gasteiger partial charge is 0.160 e. The Balaban J connectivity index is 1.02. The summed E-state index contributed by atoms with van der Waals surface area (Å²) in [4.78, 5) is 12.8. The van der Waals surface area contributed by atoms with E-state index in [0.29, 0.717) is 5.84 Å². The second-order valence-electron chi connectivity index (χ2n) is 15.0. The van der Waals surface area contributed by atoms with Gasteiger partial charge in [-0.25, -0.2) is 9.98 Å². The van der Waals surface area contributed by atoms with Crippen LogP contribution >= 0.6 is 0 Å². The highest BCUT2D eigenvalue weighted by Crippen LogP contribution is 2.41. The third-order valence-corrected chi connectivity index (χ3v) is 11.8. The molecule has 0 N–H and O–H groups in total. The highest BCUT2D eigenvalue weighted by Gasteiger charge is 2.28. The van der Waals surface area contributed by atoms with Crippen molar-refractivity contribution in [3.8, 4) is 11.4 Å². The maximum absolute atomic E-state index is 6.29. The van der Waals surface area contributed by atoms with Crippen LogP contribution in [0.2, 0.25) is 0 Å². The molecule has 4 heterocycles. The molecule has 3 aromatic heterocycles. The molecule has 0 spiro atoms. The Morgan fingerprint density at radius 2 is 1.05 bits per heavy atom. The number of furan rings is 1. The van der Waals surface area contributed by atoms with E-state index in [0.717, 1.165) is 61.2 Å².